The average Bonchev–Trinajstić information content (AvgIpc) is 2.91. The number of amides is 2. The molecule has 3 rings (SSSR count). The third-order valence-corrected chi connectivity index (χ3v) is 7.17. The average molecular weight is 653 g/mol. The van der Waals surface area contributed by atoms with Crippen LogP contribution >= 0.6 is 11.6 Å². The van der Waals surface area contributed by atoms with E-state index in [1.165, 1.54) is 18.2 Å². The molecule has 0 spiro atoms. The van der Waals surface area contributed by atoms with Crippen molar-refractivity contribution in [1.82, 2.24) is 5.32 Å². The highest BCUT2D eigenvalue weighted by molar-refractivity contribution is 7.85. The molecule has 0 aliphatic rings. The summed E-state index contributed by atoms with van der Waals surface area (Å²) in [6.45, 7) is 5.94. The maximum absolute atomic E-state index is 13.5. The fourth-order valence-corrected chi connectivity index (χ4v) is 4.57. The number of ether oxygens (including phenoxy) is 1. The SMILES string of the molecule is CC(C)(C)C=Cc1ccc(C(Cc2ccc(C(=O)NCCS(=O)(=O)O)cc2)C(=O)Nc2ccc(OC(F)(F)F)c(Cl)c2)cc1. The van der Waals surface area contributed by atoms with Crippen LogP contribution in [0, 0.1) is 5.41 Å². The highest BCUT2D eigenvalue weighted by Crippen LogP contribution is 2.33. The van der Waals surface area contributed by atoms with Crippen molar-refractivity contribution in [2.75, 3.05) is 17.6 Å². The van der Waals surface area contributed by atoms with Crippen LogP contribution in [0.4, 0.5) is 18.9 Å². The van der Waals surface area contributed by atoms with Crippen molar-refractivity contribution in [3.05, 3.63) is 100 Å². The number of nitrogens with one attached hydrogen (secondary N) is 2. The molecule has 0 fully saturated rings. The summed E-state index contributed by atoms with van der Waals surface area (Å²) in [5.41, 5.74) is 2.69. The molecular weight excluding hydrogens is 621 g/mol. The molecule has 0 radical (unpaired) electrons. The minimum Gasteiger partial charge on any atom is -0.404 e. The molecule has 1 unspecified atom stereocenters. The van der Waals surface area contributed by atoms with Gasteiger partial charge in [-0.15, -0.1) is 13.2 Å². The quantitative estimate of drug-likeness (QED) is 0.194. The van der Waals surface area contributed by atoms with Crippen LogP contribution in [0.3, 0.4) is 0 Å². The van der Waals surface area contributed by atoms with Crippen LogP contribution in [0.5, 0.6) is 5.75 Å². The van der Waals surface area contributed by atoms with Crippen LogP contribution in [0.15, 0.2) is 72.8 Å². The Morgan fingerprint density at radius 3 is 2.18 bits per heavy atom. The minimum atomic E-state index is -4.93. The van der Waals surface area contributed by atoms with Gasteiger partial charge in [-0.05, 0) is 58.9 Å². The summed E-state index contributed by atoms with van der Waals surface area (Å²) in [5.74, 6) is -2.95. The maximum atomic E-state index is 13.5. The number of allylic oxidation sites excluding steroid dienone is 1. The number of carbonyl (C=O) groups is 2. The molecule has 0 saturated carbocycles. The topological polar surface area (TPSA) is 122 Å². The Bertz CT molecular complexity index is 1600. The first kappa shape index (κ1) is 34.6. The number of hydrogen-bond donors (Lipinski definition) is 3. The lowest BCUT2D eigenvalue weighted by Crippen LogP contribution is -2.28. The fraction of sp³-hybridized carbons (Fsp3) is 0.290. The molecule has 0 saturated heterocycles. The van der Waals surface area contributed by atoms with Crippen LogP contribution < -0.4 is 15.4 Å². The summed E-state index contributed by atoms with van der Waals surface area (Å²) in [6.07, 6.45) is -0.686. The molecule has 2 amide bonds. The van der Waals surface area contributed by atoms with E-state index >= 15 is 0 Å². The first-order chi connectivity index (χ1) is 20.4. The molecule has 3 aromatic rings. The van der Waals surface area contributed by atoms with Gasteiger partial charge in [0.15, 0.2) is 0 Å². The highest BCUT2D eigenvalue weighted by atomic mass is 35.5. The summed E-state index contributed by atoms with van der Waals surface area (Å²) in [6, 6.07) is 17.1. The Balaban J connectivity index is 1.83. The van der Waals surface area contributed by atoms with Gasteiger partial charge < -0.3 is 15.4 Å². The van der Waals surface area contributed by atoms with Gasteiger partial charge in [0.2, 0.25) is 5.91 Å². The van der Waals surface area contributed by atoms with Gasteiger partial charge in [-0.2, -0.15) is 8.42 Å². The van der Waals surface area contributed by atoms with E-state index in [2.05, 4.69) is 42.2 Å². The predicted octanol–water partition coefficient (Wildman–Crippen LogP) is 6.88. The van der Waals surface area contributed by atoms with Crippen molar-refractivity contribution in [2.24, 2.45) is 5.41 Å². The van der Waals surface area contributed by atoms with Crippen LogP contribution in [-0.4, -0.2) is 43.4 Å². The summed E-state index contributed by atoms with van der Waals surface area (Å²) in [7, 11) is -4.22. The van der Waals surface area contributed by atoms with E-state index < -0.39 is 45.7 Å². The molecule has 0 heterocycles. The van der Waals surface area contributed by atoms with Gasteiger partial charge in [0, 0.05) is 17.8 Å². The lowest BCUT2D eigenvalue weighted by Gasteiger charge is -2.19. The summed E-state index contributed by atoms with van der Waals surface area (Å²) >= 11 is 5.96. The maximum Gasteiger partial charge on any atom is 0.573 e. The smallest absolute Gasteiger partial charge is 0.404 e. The molecule has 13 heteroatoms. The molecule has 0 bridgehead atoms. The Labute approximate surface area is 259 Å². The van der Waals surface area contributed by atoms with Gasteiger partial charge in [0.25, 0.3) is 16.0 Å². The van der Waals surface area contributed by atoms with Crippen LogP contribution in [0.1, 0.15) is 53.7 Å². The highest BCUT2D eigenvalue weighted by Gasteiger charge is 2.32. The monoisotopic (exact) mass is 652 g/mol. The van der Waals surface area contributed by atoms with E-state index in [4.69, 9.17) is 16.2 Å². The number of hydrogen-bond acceptors (Lipinski definition) is 5. The number of carbonyl (C=O) groups excluding carboxylic acids is 2. The Morgan fingerprint density at radius 1 is 1.00 bits per heavy atom. The Morgan fingerprint density at radius 2 is 1.64 bits per heavy atom. The van der Waals surface area contributed by atoms with E-state index in [-0.39, 0.29) is 34.7 Å². The summed E-state index contributed by atoms with van der Waals surface area (Å²) in [5, 5.41) is 4.78. The molecule has 0 aliphatic carbocycles. The number of anilines is 1. The van der Waals surface area contributed by atoms with E-state index in [0.29, 0.717) is 11.1 Å². The Kier molecular flexibility index (Phi) is 11.2. The number of rotatable bonds is 11. The molecule has 3 aromatic carbocycles. The lowest BCUT2D eigenvalue weighted by molar-refractivity contribution is -0.274. The van der Waals surface area contributed by atoms with Crippen LogP contribution in [0.25, 0.3) is 6.08 Å². The normalized spacial score (nSPS) is 13.0. The van der Waals surface area contributed by atoms with Gasteiger partial charge in [-0.25, -0.2) is 0 Å². The van der Waals surface area contributed by atoms with Crippen molar-refractivity contribution in [3.63, 3.8) is 0 Å². The standard InChI is InChI=1S/C31H32ClF3N2O6S/c1-30(2,3)15-14-20-4-8-22(9-5-20)25(29(39)37-24-12-13-27(26(32)19-24)43-31(33,34)35)18-21-6-10-23(11-7-21)28(38)36-16-17-44(40,41)42/h4-15,19,25H,16-18H2,1-3H3,(H,36,38)(H,37,39)(H,40,41,42). The van der Waals surface area contributed by atoms with Crippen LogP contribution in [-0.2, 0) is 21.3 Å². The third kappa shape index (κ3) is 11.7. The van der Waals surface area contributed by atoms with Gasteiger partial charge in [-0.1, -0.05) is 80.9 Å². The molecule has 44 heavy (non-hydrogen) atoms. The predicted molar refractivity (Wildman–Crippen MR) is 163 cm³/mol. The first-order valence-electron chi connectivity index (χ1n) is 13.4. The van der Waals surface area contributed by atoms with E-state index in [1.807, 2.05) is 30.3 Å². The molecule has 8 nitrogen and oxygen atoms in total. The second kappa shape index (κ2) is 14.3. The molecule has 1 atom stereocenters. The number of alkyl halides is 3. The van der Waals surface area contributed by atoms with Crippen molar-refractivity contribution in [2.45, 2.75) is 39.5 Å². The van der Waals surface area contributed by atoms with Gasteiger partial charge >= 0.3 is 6.36 Å². The number of halogens is 4. The molecular formula is C31H32ClF3N2O6S. The second-order valence-electron chi connectivity index (χ2n) is 11.0. The number of benzene rings is 3. The van der Waals surface area contributed by atoms with Gasteiger partial charge in [-0.3, -0.25) is 14.1 Å². The molecule has 236 valence electrons. The van der Waals surface area contributed by atoms with E-state index in [1.54, 1.807) is 12.1 Å². The largest absolute Gasteiger partial charge is 0.573 e. The lowest BCUT2D eigenvalue weighted by atomic mass is 9.89. The van der Waals surface area contributed by atoms with Crippen molar-refractivity contribution >= 4 is 45.3 Å². The molecule has 0 aliphatic heterocycles. The van der Waals surface area contributed by atoms with Crippen molar-refractivity contribution in [3.8, 4) is 5.75 Å². The molecule has 3 N–H and O–H groups in total. The third-order valence-electron chi connectivity index (χ3n) is 6.16. The zero-order valence-electron chi connectivity index (χ0n) is 24.1. The molecule has 0 aromatic heterocycles. The van der Waals surface area contributed by atoms with Crippen molar-refractivity contribution < 1.29 is 40.5 Å². The second-order valence-corrected chi connectivity index (χ2v) is 13.0. The van der Waals surface area contributed by atoms with Crippen molar-refractivity contribution in [1.29, 1.82) is 0 Å². The summed E-state index contributed by atoms with van der Waals surface area (Å²) < 4.78 is 72.3. The first-order valence-corrected chi connectivity index (χ1v) is 15.3. The van der Waals surface area contributed by atoms with Crippen LogP contribution in [0.2, 0.25) is 5.02 Å². The fourth-order valence-electron chi connectivity index (χ4n) is 3.99. The van der Waals surface area contributed by atoms with E-state index in [0.717, 1.165) is 17.7 Å². The summed E-state index contributed by atoms with van der Waals surface area (Å²) in [4.78, 5) is 25.9. The van der Waals surface area contributed by atoms with Gasteiger partial charge in [0.05, 0.1) is 16.7 Å². The Hall–Kier alpha value is -3.87. The zero-order chi connectivity index (χ0) is 32.7. The zero-order valence-corrected chi connectivity index (χ0v) is 25.7. The van der Waals surface area contributed by atoms with E-state index in [9.17, 15) is 31.2 Å². The van der Waals surface area contributed by atoms with Gasteiger partial charge in [0.1, 0.15) is 5.75 Å². The minimum absolute atomic E-state index is 0.0251.